The zero-order valence-electron chi connectivity index (χ0n) is 11.8. The Morgan fingerprint density at radius 2 is 1.75 bits per heavy atom. The molecule has 0 radical (unpaired) electrons. The number of hydrogen-bond acceptors (Lipinski definition) is 3. The quantitative estimate of drug-likeness (QED) is 0.822. The number of nitrogens with two attached hydrogens (primary N) is 1. The molecule has 0 saturated carbocycles. The number of para-hydroxylation sites is 1. The molecule has 0 heterocycles. The van der Waals surface area contributed by atoms with Crippen molar-refractivity contribution in [3.8, 4) is 17.2 Å². The molecule has 0 amide bonds. The van der Waals surface area contributed by atoms with Gasteiger partial charge >= 0.3 is 0 Å². The molecule has 106 valence electrons. The molecule has 0 saturated heterocycles. The molecule has 0 aliphatic rings. The lowest BCUT2D eigenvalue weighted by Crippen LogP contribution is -2.07. The van der Waals surface area contributed by atoms with Gasteiger partial charge in [0.15, 0.2) is 5.75 Å². The van der Waals surface area contributed by atoms with E-state index in [1.807, 2.05) is 51.1 Å². The van der Waals surface area contributed by atoms with Crippen molar-refractivity contribution in [3.05, 3.63) is 47.0 Å². The van der Waals surface area contributed by atoms with E-state index in [1.54, 1.807) is 6.07 Å². The van der Waals surface area contributed by atoms with E-state index in [0.29, 0.717) is 22.2 Å². The lowest BCUT2D eigenvalue weighted by Gasteiger charge is -2.16. The Labute approximate surface area is 124 Å². The van der Waals surface area contributed by atoms with Crippen molar-refractivity contribution in [1.82, 2.24) is 0 Å². The van der Waals surface area contributed by atoms with Crippen molar-refractivity contribution in [2.45, 2.75) is 26.9 Å². The smallest absolute Gasteiger partial charge is 0.154 e. The molecule has 2 aromatic carbocycles. The lowest BCUT2D eigenvalue weighted by atomic mass is 10.2. The molecule has 3 nitrogen and oxygen atoms in total. The van der Waals surface area contributed by atoms with Crippen LogP contribution in [0.1, 0.15) is 19.4 Å². The second-order valence-corrected chi connectivity index (χ2v) is 5.28. The van der Waals surface area contributed by atoms with Gasteiger partial charge in [0.05, 0.1) is 6.10 Å². The fraction of sp³-hybridized carbons (Fsp3) is 0.250. The second-order valence-electron chi connectivity index (χ2n) is 4.85. The van der Waals surface area contributed by atoms with E-state index in [2.05, 4.69) is 0 Å². The number of benzene rings is 2. The minimum Gasteiger partial charge on any atom is -0.489 e. The summed E-state index contributed by atoms with van der Waals surface area (Å²) in [6.07, 6.45) is 0.0600. The molecule has 0 aliphatic heterocycles. The topological polar surface area (TPSA) is 44.5 Å². The summed E-state index contributed by atoms with van der Waals surface area (Å²) in [6, 6.07) is 11.0. The maximum Gasteiger partial charge on any atom is 0.154 e. The van der Waals surface area contributed by atoms with Gasteiger partial charge in [-0.15, -0.1) is 0 Å². The van der Waals surface area contributed by atoms with Crippen LogP contribution in [0.25, 0.3) is 0 Å². The second kappa shape index (κ2) is 6.06. The van der Waals surface area contributed by atoms with Crippen LogP contribution >= 0.6 is 11.6 Å². The number of aryl methyl sites for hydroxylation is 1. The summed E-state index contributed by atoms with van der Waals surface area (Å²) in [4.78, 5) is 0. The summed E-state index contributed by atoms with van der Waals surface area (Å²) < 4.78 is 11.5. The fourth-order valence-corrected chi connectivity index (χ4v) is 2.04. The normalized spacial score (nSPS) is 10.7. The predicted molar refractivity (Wildman–Crippen MR) is 82.9 cm³/mol. The summed E-state index contributed by atoms with van der Waals surface area (Å²) in [5.41, 5.74) is 7.53. The van der Waals surface area contributed by atoms with Crippen molar-refractivity contribution in [2.75, 3.05) is 5.73 Å². The minimum atomic E-state index is 0.0600. The van der Waals surface area contributed by atoms with Crippen LogP contribution < -0.4 is 15.2 Å². The van der Waals surface area contributed by atoms with Gasteiger partial charge in [0.1, 0.15) is 17.2 Å². The zero-order valence-corrected chi connectivity index (χ0v) is 12.6. The molecule has 2 aromatic rings. The standard InChI is InChI=1S/C16H18ClNO2/c1-10(2)19-14-5-4-6-15(16(14)18)20-13-8-7-12(17)9-11(13)3/h4-10H,18H2,1-3H3. The predicted octanol–water partition coefficient (Wildman–Crippen LogP) is 4.81. The molecule has 0 unspecified atom stereocenters. The first kappa shape index (κ1) is 14.5. The van der Waals surface area contributed by atoms with Gasteiger partial charge in [-0.05, 0) is 56.7 Å². The first-order valence-corrected chi connectivity index (χ1v) is 6.84. The van der Waals surface area contributed by atoms with Gasteiger partial charge in [0.2, 0.25) is 0 Å². The molecule has 4 heteroatoms. The van der Waals surface area contributed by atoms with Crippen molar-refractivity contribution >= 4 is 17.3 Å². The van der Waals surface area contributed by atoms with Crippen LogP contribution in [0, 0.1) is 6.92 Å². The Balaban J connectivity index is 2.29. The third kappa shape index (κ3) is 3.36. The van der Waals surface area contributed by atoms with Crippen LogP contribution in [-0.4, -0.2) is 6.10 Å². The molecule has 0 aliphatic carbocycles. The first-order valence-electron chi connectivity index (χ1n) is 6.46. The van der Waals surface area contributed by atoms with Crippen molar-refractivity contribution in [1.29, 1.82) is 0 Å². The number of anilines is 1. The van der Waals surface area contributed by atoms with E-state index in [1.165, 1.54) is 0 Å². The number of ether oxygens (including phenoxy) is 2. The van der Waals surface area contributed by atoms with Crippen molar-refractivity contribution < 1.29 is 9.47 Å². The molecule has 0 fully saturated rings. The average Bonchev–Trinajstić information content (AvgIpc) is 2.36. The molecule has 2 N–H and O–H groups in total. The fourth-order valence-electron chi connectivity index (χ4n) is 1.82. The highest BCUT2D eigenvalue weighted by Crippen LogP contribution is 2.36. The molecule has 0 spiro atoms. The van der Waals surface area contributed by atoms with E-state index in [-0.39, 0.29) is 6.10 Å². The van der Waals surface area contributed by atoms with E-state index < -0.39 is 0 Å². The summed E-state index contributed by atoms with van der Waals surface area (Å²) in [6.45, 7) is 5.85. The molecule has 20 heavy (non-hydrogen) atoms. The summed E-state index contributed by atoms with van der Waals surface area (Å²) in [5.74, 6) is 1.93. The van der Waals surface area contributed by atoms with Gasteiger partial charge in [0, 0.05) is 5.02 Å². The number of nitrogen functional groups attached to an aromatic ring is 1. The van der Waals surface area contributed by atoms with Gasteiger partial charge in [-0.25, -0.2) is 0 Å². The van der Waals surface area contributed by atoms with Crippen LogP contribution in [0.2, 0.25) is 5.02 Å². The van der Waals surface area contributed by atoms with E-state index in [9.17, 15) is 0 Å². The highest BCUT2D eigenvalue weighted by molar-refractivity contribution is 6.30. The Kier molecular flexibility index (Phi) is 4.40. The molecule has 2 rings (SSSR count). The molecule has 0 bridgehead atoms. The van der Waals surface area contributed by atoms with E-state index >= 15 is 0 Å². The van der Waals surface area contributed by atoms with Gasteiger partial charge < -0.3 is 15.2 Å². The van der Waals surface area contributed by atoms with Crippen LogP contribution in [-0.2, 0) is 0 Å². The Hall–Kier alpha value is -1.87. The summed E-state index contributed by atoms with van der Waals surface area (Å²) >= 11 is 5.93. The monoisotopic (exact) mass is 291 g/mol. The van der Waals surface area contributed by atoms with Gasteiger partial charge in [0.25, 0.3) is 0 Å². The minimum absolute atomic E-state index is 0.0600. The van der Waals surface area contributed by atoms with E-state index in [0.717, 1.165) is 11.3 Å². The zero-order chi connectivity index (χ0) is 14.7. The third-order valence-corrected chi connectivity index (χ3v) is 2.98. The maximum absolute atomic E-state index is 6.08. The molecule has 0 aromatic heterocycles. The molecular weight excluding hydrogens is 274 g/mol. The van der Waals surface area contributed by atoms with Gasteiger partial charge in [-0.3, -0.25) is 0 Å². The van der Waals surface area contributed by atoms with Crippen molar-refractivity contribution in [2.24, 2.45) is 0 Å². The Bertz CT molecular complexity index is 611. The molecular formula is C16H18ClNO2. The SMILES string of the molecule is Cc1cc(Cl)ccc1Oc1cccc(OC(C)C)c1N. The number of rotatable bonds is 4. The Morgan fingerprint density at radius 1 is 1.05 bits per heavy atom. The maximum atomic E-state index is 6.08. The highest BCUT2D eigenvalue weighted by Gasteiger charge is 2.10. The first-order chi connectivity index (χ1) is 9.47. The van der Waals surface area contributed by atoms with Crippen LogP contribution in [0.5, 0.6) is 17.2 Å². The average molecular weight is 292 g/mol. The van der Waals surface area contributed by atoms with Crippen LogP contribution in [0.15, 0.2) is 36.4 Å². The lowest BCUT2D eigenvalue weighted by molar-refractivity contribution is 0.243. The van der Waals surface area contributed by atoms with Crippen LogP contribution in [0.3, 0.4) is 0 Å². The van der Waals surface area contributed by atoms with Gasteiger partial charge in [-0.1, -0.05) is 17.7 Å². The number of hydrogen-bond donors (Lipinski definition) is 1. The largest absolute Gasteiger partial charge is 0.489 e. The summed E-state index contributed by atoms with van der Waals surface area (Å²) in [7, 11) is 0. The van der Waals surface area contributed by atoms with Crippen molar-refractivity contribution in [3.63, 3.8) is 0 Å². The van der Waals surface area contributed by atoms with Crippen LogP contribution in [0.4, 0.5) is 5.69 Å². The number of halogens is 1. The summed E-state index contributed by atoms with van der Waals surface area (Å²) in [5, 5.41) is 0.680. The van der Waals surface area contributed by atoms with Gasteiger partial charge in [-0.2, -0.15) is 0 Å². The highest BCUT2D eigenvalue weighted by atomic mass is 35.5. The Morgan fingerprint density at radius 3 is 2.40 bits per heavy atom. The molecule has 0 atom stereocenters. The third-order valence-electron chi connectivity index (χ3n) is 2.75. The van der Waals surface area contributed by atoms with E-state index in [4.69, 9.17) is 26.8 Å².